The van der Waals surface area contributed by atoms with Crippen LogP contribution in [0.4, 0.5) is 19.1 Å². The zero-order chi connectivity index (χ0) is 16.9. The Hall–Kier alpha value is -1.61. The fourth-order valence-corrected chi connectivity index (χ4v) is 2.54. The van der Waals surface area contributed by atoms with E-state index in [1.54, 1.807) is 0 Å². The van der Waals surface area contributed by atoms with Gasteiger partial charge in [0, 0.05) is 19.3 Å². The number of rotatable bonds is 5. The van der Waals surface area contributed by atoms with E-state index < -0.39 is 17.4 Å². The molecule has 0 bridgehead atoms. The molecule has 0 atom stereocenters. The predicted molar refractivity (Wildman–Crippen MR) is 85.8 cm³/mol. The molecule has 1 aliphatic rings. The monoisotopic (exact) mass is 367 g/mol. The van der Waals surface area contributed by atoms with Crippen molar-refractivity contribution in [1.82, 2.24) is 15.3 Å². The van der Waals surface area contributed by atoms with E-state index in [0.29, 0.717) is 12.8 Å². The highest BCUT2D eigenvalue weighted by molar-refractivity contribution is 5.86. The molecule has 1 aromatic heterocycles. The number of carbonyl (C=O) groups is 1. The lowest BCUT2D eigenvalue weighted by atomic mass is 9.82. The van der Waals surface area contributed by atoms with Crippen molar-refractivity contribution in [2.75, 3.05) is 18.4 Å². The quantitative estimate of drug-likeness (QED) is 0.693. The number of hydrogen-bond acceptors (Lipinski definition) is 5. The van der Waals surface area contributed by atoms with E-state index in [0.717, 1.165) is 31.5 Å². The van der Waals surface area contributed by atoms with Gasteiger partial charge < -0.3 is 16.4 Å². The van der Waals surface area contributed by atoms with Gasteiger partial charge in [0.2, 0.25) is 11.9 Å². The Morgan fingerprint density at radius 2 is 1.92 bits per heavy atom. The van der Waals surface area contributed by atoms with Gasteiger partial charge in [-0.3, -0.25) is 4.79 Å². The smallest absolute Gasteiger partial charge is 0.353 e. The number of carbonyl (C=O) groups excluding carboxylic acids is 1. The maximum atomic E-state index is 12.5. The maximum absolute atomic E-state index is 12.5. The number of hydrogen-bond donors (Lipinski definition) is 3. The van der Waals surface area contributed by atoms with Crippen LogP contribution in [0.1, 0.15) is 37.8 Å². The molecule has 1 saturated carbocycles. The minimum Gasteiger partial charge on any atom is -0.353 e. The number of alkyl halides is 3. The van der Waals surface area contributed by atoms with E-state index in [1.165, 1.54) is 0 Å². The summed E-state index contributed by atoms with van der Waals surface area (Å²) in [5.41, 5.74) is 4.24. The van der Waals surface area contributed by atoms with E-state index in [-0.39, 0.29) is 37.4 Å². The molecule has 1 heterocycles. The summed E-state index contributed by atoms with van der Waals surface area (Å²) in [5.74, 6) is -0.349. The summed E-state index contributed by atoms with van der Waals surface area (Å²) in [4.78, 5) is 19.2. The third kappa shape index (κ3) is 5.48. The first-order valence-corrected chi connectivity index (χ1v) is 7.52. The van der Waals surface area contributed by atoms with Crippen molar-refractivity contribution < 1.29 is 18.0 Å². The van der Waals surface area contributed by atoms with E-state index >= 15 is 0 Å². The van der Waals surface area contributed by atoms with Crippen LogP contribution in [0.2, 0.25) is 0 Å². The van der Waals surface area contributed by atoms with Crippen LogP contribution in [0.25, 0.3) is 0 Å². The van der Waals surface area contributed by atoms with Gasteiger partial charge in [-0.25, -0.2) is 9.97 Å². The second kappa shape index (κ2) is 8.48. The molecule has 2 rings (SSSR count). The molecule has 1 amide bonds. The molecule has 0 unspecified atom stereocenters. The van der Waals surface area contributed by atoms with Crippen LogP contribution in [-0.4, -0.2) is 34.5 Å². The van der Waals surface area contributed by atoms with Gasteiger partial charge in [0.15, 0.2) is 0 Å². The Bertz CT molecular complexity index is 549. The highest BCUT2D eigenvalue weighted by Crippen LogP contribution is 2.27. The highest BCUT2D eigenvalue weighted by Gasteiger charge is 2.35. The average Bonchev–Trinajstić information content (AvgIpc) is 2.51. The number of amides is 1. The molecule has 6 nitrogen and oxygen atoms in total. The number of nitrogens with two attached hydrogens (primary N) is 1. The molecule has 24 heavy (non-hydrogen) atoms. The lowest BCUT2D eigenvalue weighted by Gasteiger charge is -2.31. The average molecular weight is 368 g/mol. The van der Waals surface area contributed by atoms with Gasteiger partial charge in [0.1, 0.15) is 5.69 Å². The van der Waals surface area contributed by atoms with Gasteiger partial charge in [0.25, 0.3) is 0 Å². The van der Waals surface area contributed by atoms with Crippen LogP contribution in [0, 0.1) is 0 Å². The normalized spacial score (nSPS) is 16.8. The van der Waals surface area contributed by atoms with Crippen molar-refractivity contribution in [2.24, 2.45) is 5.73 Å². The zero-order valence-corrected chi connectivity index (χ0v) is 13.8. The molecule has 0 saturated heterocycles. The molecular formula is C14H21ClF3N5O. The van der Waals surface area contributed by atoms with Crippen LogP contribution in [-0.2, 0) is 11.0 Å². The van der Waals surface area contributed by atoms with Crippen molar-refractivity contribution >= 4 is 24.3 Å². The van der Waals surface area contributed by atoms with E-state index in [2.05, 4.69) is 20.6 Å². The molecule has 1 aliphatic carbocycles. The second-order valence-corrected chi connectivity index (χ2v) is 5.66. The SMILES string of the molecule is Cl.NC1(C(=O)NCCNc2nccc(C(F)(F)F)n2)CCCCC1. The molecule has 0 aliphatic heterocycles. The largest absolute Gasteiger partial charge is 0.433 e. The first-order valence-electron chi connectivity index (χ1n) is 7.52. The number of nitrogens with zero attached hydrogens (tertiary/aromatic N) is 2. The number of anilines is 1. The molecule has 0 aromatic carbocycles. The van der Waals surface area contributed by atoms with Gasteiger partial charge in [-0.2, -0.15) is 13.2 Å². The summed E-state index contributed by atoms with van der Waals surface area (Å²) >= 11 is 0. The Balaban J connectivity index is 0.00000288. The molecule has 0 spiro atoms. The minimum absolute atomic E-state index is 0. The Labute approximate surface area is 144 Å². The number of nitrogens with one attached hydrogen (secondary N) is 2. The van der Waals surface area contributed by atoms with Crippen LogP contribution >= 0.6 is 12.4 Å². The van der Waals surface area contributed by atoms with Crippen molar-refractivity contribution in [3.63, 3.8) is 0 Å². The van der Waals surface area contributed by atoms with E-state index in [9.17, 15) is 18.0 Å². The lowest BCUT2D eigenvalue weighted by molar-refractivity contribution is -0.141. The summed E-state index contributed by atoms with van der Waals surface area (Å²) in [7, 11) is 0. The van der Waals surface area contributed by atoms with E-state index in [1.807, 2.05) is 0 Å². The van der Waals surface area contributed by atoms with Crippen LogP contribution < -0.4 is 16.4 Å². The third-order valence-corrected chi connectivity index (χ3v) is 3.84. The van der Waals surface area contributed by atoms with Gasteiger partial charge in [-0.1, -0.05) is 19.3 Å². The maximum Gasteiger partial charge on any atom is 0.433 e. The van der Waals surface area contributed by atoms with Crippen molar-refractivity contribution in [3.8, 4) is 0 Å². The topological polar surface area (TPSA) is 92.9 Å². The summed E-state index contributed by atoms with van der Waals surface area (Å²) in [6.45, 7) is 0.445. The Morgan fingerprint density at radius 1 is 1.25 bits per heavy atom. The third-order valence-electron chi connectivity index (χ3n) is 3.84. The summed E-state index contributed by atoms with van der Waals surface area (Å²) in [6, 6.07) is 0.800. The minimum atomic E-state index is -4.51. The first kappa shape index (κ1) is 20.4. The molecule has 4 N–H and O–H groups in total. The van der Waals surface area contributed by atoms with Crippen LogP contribution in [0.5, 0.6) is 0 Å². The molecule has 1 fully saturated rings. The molecular weight excluding hydrogens is 347 g/mol. The summed E-state index contributed by atoms with van der Waals surface area (Å²) < 4.78 is 37.6. The molecule has 0 radical (unpaired) electrons. The summed E-state index contributed by atoms with van der Waals surface area (Å²) in [5, 5.41) is 5.35. The van der Waals surface area contributed by atoms with Gasteiger partial charge >= 0.3 is 6.18 Å². The van der Waals surface area contributed by atoms with Crippen molar-refractivity contribution in [1.29, 1.82) is 0 Å². The lowest BCUT2D eigenvalue weighted by Crippen LogP contribution is -2.55. The van der Waals surface area contributed by atoms with Gasteiger partial charge in [-0.15, -0.1) is 12.4 Å². The van der Waals surface area contributed by atoms with Crippen LogP contribution in [0.15, 0.2) is 12.3 Å². The zero-order valence-electron chi connectivity index (χ0n) is 13.0. The predicted octanol–water partition coefficient (Wildman–Crippen LogP) is 2.11. The van der Waals surface area contributed by atoms with Gasteiger partial charge in [-0.05, 0) is 18.9 Å². The molecule has 10 heteroatoms. The Kier molecular flexibility index (Phi) is 7.22. The second-order valence-electron chi connectivity index (χ2n) is 5.66. The molecule has 136 valence electrons. The fraction of sp³-hybridized carbons (Fsp3) is 0.643. The van der Waals surface area contributed by atoms with Crippen LogP contribution in [0.3, 0.4) is 0 Å². The number of aromatic nitrogens is 2. The van der Waals surface area contributed by atoms with Gasteiger partial charge in [0.05, 0.1) is 5.54 Å². The highest BCUT2D eigenvalue weighted by atomic mass is 35.5. The standard InChI is InChI=1S/C14H20F3N5O.ClH/c15-14(16,17)10-4-7-20-12(22-10)21-9-8-19-11(23)13(18)5-2-1-3-6-13;/h4,7H,1-3,5-6,8-9,18H2,(H,19,23)(H,20,21,22);1H. The van der Waals surface area contributed by atoms with Crippen molar-refractivity contribution in [2.45, 2.75) is 43.8 Å². The molecule has 1 aromatic rings. The fourth-order valence-electron chi connectivity index (χ4n) is 2.54. The number of halogens is 4. The summed E-state index contributed by atoms with van der Waals surface area (Å²) in [6.07, 6.45) is 0.779. The van der Waals surface area contributed by atoms with E-state index in [4.69, 9.17) is 5.73 Å². The van der Waals surface area contributed by atoms with Crippen molar-refractivity contribution in [3.05, 3.63) is 18.0 Å². The Morgan fingerprint density at radius 3 is 2.54 bits per heavy atom. The first-order chi connectivity index (χ1) is 10.8.